The molecule has 0 saturated carbocycles. The minimum atomic E-state index is -0.311. The van der Waals surface area contributed by atoms with Crippen molar-refractivity contribution in [3.05, 3.63) is 29.8 Å². The van der Waals surface area contributed by atoms with Crippen LogP contribution in [0.1, 0.15) is 32.4 Å². The van der Waals surface area contributed by atoms with Crippen LogP contribution >= 0.6 is 0 Å². The van der Waals surface area contributed by atoms with Crippen LogP contribution in [0.15, 0.2) is 24.3 Å². The second-order valence-corrected chi connectivity index (χ2v) is 4.57. The molecule has 0 unspecified atom stereocenters. The predicted octanol–water partition coefficient (Wildman–Crippen LogP) is 1.86. The molecule has 1 aromatic rings. The summed E-state index contributed by atoms with van der Waals surface area (Å²) in [4.78, 5) is 0. The molecule has 0 spiro atoms. The van der Waals surface area contributed by atoms with Gasteiger partial charge in [0.2, 0.25) is 0 Å². The van der Waals surface area contributed by atoms with E-state index in [9.17, 15) is 0 Å². The first kappa shape index (κ1) is 12.0. The zero-order valence-electron chi connectivity index (χ0n) is 9.53. The Hall–Kier alpha value is -1.06. The monoisotopic (exact) mass is 209 g/mol. The van der Waals surface area contributed by atoms with E-state index in [0.717, 1.165) is 11.3 Å². The Morgan fingerprint density at radius 3 is 2.20 bits per heavy atom. The molecule has 3 heteroatoms. The summed E-state index contributed by atoms with van der Waals surface area (Å²) in [5.41, 5.74) is 6.40. The lowest BCUT2D eigenvalue weighted by Crippen LogP contribution is -2.23. The number of ether oxygens (including phenoxy) is 1. The van der Waals surface area contributed by atoms with E-state index in [-0.39, 0.29) is 18.2 Å². The summed E-state index contributed by atoms with van der Waals surface area (Å²) in [6.45, 7) is 5.96. The van der Waals surface area contributed by atoms with Crippen LogP contribution in [0, 0.1) is 0 Å². The van der Waals surface area contributed by atoms with Crippen LogP contribution < -0.4 is 10.5 Å². The van der Waals surface area contributed by atoms with E-state index in [2.05, 4.69) is 0 Å². The van der Waals surface area contributed by atoms with Gasteiger partial charge in [0.15, 0.2) is 0 Å². The van der Waals surface area contributed by atoms with Gasteiger partial charge < -0.3 is 15.6 Å². The van der Waals surface area contributed by atoms with Crippen molar-refractivity contribution in [1.29, 1.82) is 0 Å². The van der Waals surface area contributed by atoms with Gasteiger partial charge in [-0.2, -0.15) is 0 Å². The van der Waals surface area contributed by atoms with Crippen molar-refractivity contribution >= 4 is 0 Å². The van der Waals surface area contributed by atoms with Crippen LogP contribution in [0.4, 0.5) is 0 Å². The molecule has 84 valence electrons. The van der Waals surface area contributed by atoms with Gasteiger partial charge in [-0.15, -0.1) is 0 Å². The third kappa shape index (κ3) is 3.90. The maximum absolute atomic E-state index is 8.89. The highest BCUT2D eigenvalue weighted by Gasteiger charge is 2.11. The van der Waals surface area contributed by atoms with Crippen LogP contribution in [-0.2, 0) is 0 Å². The second kappa shape index (κ2) is 4.64. The zero-order chi connectivity index (χ0) is 11.5. The Bertz CT molecular complexity index is 300. The van der Waals surface area contributed by atoms with Crippen molar-refractivity contribution in [2.24, 2.45) is 5.73 Å². The summed E-state index contributed by atoms with van der Waals surface area (Å²) >= 11 is 0. The van der Waals surface area contributed by atoms with Gasteiger partial charge in [-0.05, 0) is 38.5 Å². The van der Waals surface area contributed by atoms with E-state index < -0.39 is 0 Å². The highest BCUT2D eigenvalue weighted by atomic mass is 16.5. The van der Waals surface area contributed by atoms with Gasteiger partial charge in [-0.1, -0.05) is 12.1 Å². The van der Waals surface area contributed by atoms with Gasteiger partial charge in [0.25, 0.3) is 0 Å². The van der Waals surface area contributed by atoms with Gasteiger partial charge in [0.05, 0.1) is 12.6 Å². The number of hydrogen-bond donors (Lipinski definition) is 2. The van der Waals surface area contributed by atoms with E-state index in [1.165, 1.54) is 0 Å². The van der Waals surface area contributed by atoms with Crippen LogP contribution in [0.2, 0.25) is 0 Å². The third-order valence-corrected chi connectivity index (χ3v) is 1.93. The Labute approximate surface area is 90.9 Å². The van der Waals surface area contributed by atoms with E-state index in [0.29, 0.717) is 0 Å². The fourth-order valence-electron chi connectivity index (χ4n) is 1.24. The molecule has 0 aliphatic carbocycles. The summed E-state index contributed by atoms with van der Waals surface area (Å²) in [7, 11) is 0. The van der Waals surface area contributed by atoms with E-state index >= 15 is 0 Å². The predicted molar refractivity (Wildman–Crippen MR) is 60.8 cm³/mol. The van der Waals surface area contributed by atoms with Crippen LogP contribution in [-0.4, -0.2) is 17.3 Å². The van der Waals surface area contributed by atoms with E-state index in [4.69, 9.17) is 15.6 Å². The molecule has 3 nitrogen and oxygen atoms in total. The molecule has 0 fully saturated rings. The largest absolute Gasteiger partial charge is 0.488 e. The van der Waals surface area contributed by atoms with Crippen molar-refractivity contribution in [1.82, 2.24) is 0 Å². The summed E-state index contributed by atoms with van der Waals surface area (Å²) in [6.07, 6.45) is 0. The smallest absolute Gasteiger partial charge is 0.120 e. The third-order valence-electron chi connectivity index (χ3n) is 1.93. The van der Waals surface area contributed by atoms with Crippen LogP contribution in [0.5, 0.6) is 5.75 Å². The van der Waals surface area contributed by atoms with Gasteiger partial charge in [0, 0.05) is 0 Å². The lowest BCUT2D eigenvalue weighted by molar-refractivity contribution is 0.131. The van der Waals surface area contributed by atoms with Crippen molar-refractivity contribution < 1.29 is 9.84 Å². The Morgan fingerprint density at radius 2 is 1.80 bits per heavy atom. The van der Waals surface area contributed by atoms with Crippen LogP contribution in [0.3, 0.4) is 0 Å². The van der Waals surface area contributed by atoms with Crippen molar-refractivity contribution in [2.75, 3.05) is 6.61 Å². The SMILES string of the molecule is CC(C)(C)Oc1ccc([C@@H](N)CO)cc1. The molecule has 1 aromatic carbocycles. The molecule has 0 aliphatic rings. The number of benzene rings is 1. The number of aliphatic hydroxyl groups is 1. The Kier molecular flexibility index (Phi) is 3.72. The molecular weight excluding hydrogens is 190 g/mol. The molecule has 1 rings (SSSR count). The molecule has 1 atom stereocenters. The molecule has 0 amide bonds. The standard InChI is InChI=1S/C12H19NO2/c1-12(2,3)15-10-6-4-9(5-7-10)11(13)8-14/h4-7,11,14H,8,13H2,1-3H3/t11-/m0/s1. The molecule has 0 bridgehead atoms. The van der Waals surface area contributed by atoms with Crippen molar-refractivity contribution in [3.63, 3.8) is 0 Å². The highest BCUT2D eigenvalue weighted by molar-refractivity contribution is 5.29. The van der Waals surface area contributed by atoms with Crippen molar-refractivity contribution in [3.8, 4) is 5.75 Å². The minimum Gasteiger partial charge on any atom is -0.488 e. The molecule has 3 N–H and O–H groups in total. The first-order valence-corrected chi connectivity index (χ1v) is 5.08. The molecule has 0 saturated heterocycles. The summed E-state index contributed by atoms with van der Waals surface area (Å²) in [5, 5.41) is 8.89. The first-order chi connectivity index (χ1) is 6.92. The quantitative estimate of drug-likeness (QED) is 0.798. The second-order valence-electron chi connectivity index (χ2n) is 4.57. The molecule has 0 heterocycles. The summed E-state index contributed by atoms with van der Waals surface area (Å²) in [5.74, 6) is 0.816. The average Bonchev–Trinajstić information content (AvgIpc) is 2.15. The lowest BCUT2D eigenvalue weighted by Gasteiger charge is -2.21. The Balaban J connectivity index is 2.72. The molecule has 0 aliphatic heterocycles. The Morgan fingerprint density at radius 1 is 1.27 bits per heavy atom. The lowest BCUT2D eigenvalue weighted by atomic mass is 10.1. The molecular formula is C12H19NO2. The minimum absolute atomic E-state index is 0.0422. The maximum Gasteiger partial charge on any atom is 0.120 e. The van der Waals surface area contributed by atoms with Gasteiger partial charge >= 0.3 is 0 Å². The highest BCUT2D eigenvalue weighted by Crippen LogP contribution is 2.20. The maximum atomic E-state index is 8.89. The van der Waals surface area contributed by atoms with Crippen molar-refractivity contribution in [2.45, 2.75) is 32.4 Å². The van der Waals surface area contributed by atoms with E-state index in [1.807, 2.05) is 45.0 Å². The normalized spacial score (nSPS) is 13.7. The van der Waals surface area contributed by atoms with Gasteiger partial charge in [-0.25, -0.2) is 0 Å². The number of nitrogens with two attached hydrogens (primary N) is 1. The molecule has 15 heavy (non-hydrogen) atoms. The molecule has 0 radical (unpaired) electrons. The fraction of sp³-hybridized carbons (Fsp3) is 0.500. The zero-order valence-corrected chi connectivity index (χ0v) is 9.53. The molecule has 0 aromatic heterocycles. The van der Waals surface area contributed by atoms with Gasteiger partial charge in [0.1, 0.15) is 11.4 Å². The number of rotatable bonds is 3. The summed E-state index contributed by atoms with van der Waals surface area (Å²) < 4.78 is 5.67. The average molecular weight is 209 g/mol. The van der Waals surface area contributed by atoms with Gasteiger partial charge in [-0.3, -0.25) is 0 Å². The first-order valence-electron chi connectivity index (χ1n) is 5.08. The number of aliphatic hydroxyl groups excluding tert-OH is 1. The van der Waals surface area contributed by atoms with E-state index in [1.54, 1.807) is 0 Å². The summed E-state index contributed by atoms with van der Waals surface area (Å²) in [6, 6.07) is 7.18. The topological polar surface area (TPSA) is 55.5 Å². The van der Waals surface area contributed by atoms with Crippen LogP contribution in [0.25, 0.3) is 0 Å². The fourth-order valence-corrected chi connectivity index (χ4v) is 1.24. The number of hydrogen-bond acceptors (Lipinski definition) is 3.